The molecule has 148 valence electrons. The van der Waals surface area contributed by atoms with Gasteiger partial charge in [0.15, 0.2) is 0 Å². The van der Waals surface area contributed by atoms with Crippen LogP contribution in [0, 0.1) is 23.7 Å². The van der Waals surface area contributed by atoms with Crippen LogP contribution in [0.25, 0.3) is 0 Å². The van der Waals surface area contributed by atoms with Gasteiger partial charge in [-0.1, -0.05) is 61.1 Å². The Morgan fingerprint density at radius 1 is 1.12 bits per heavy atom. The van der Waals surface area contributed by atoms with E-state index in [-0.39, 0.29) is 32.6 Å². The molecule has 25 heavy (non-hydrogen) atoms. The predicted octanol–water partition coefficient (Wildman–Crippen LogP) is 2.74. The maximum atomic E-state index is 11.5. The van der Waals surface area contributed by atoms with E-state index in [9.17, 15) is 9.59 Å². The van der Waals surface area contributed by atoms with Gasteiger partial charge in [0.2, 0.25) is 11.8 Å². The quantitative estimate of drug-likeness (QED) is 0.229. The second kappa shape index (κ2) is 15.4. The first-order valence-corrected chi connectivity index (χ1v) is 10.7. The fraction of sp³-hybridized carbons (Fsp3) is 0.765. The molecular formula is C17H34N2O4S2. The van der Waals surface area contributed by atoms with Crippen molar-refractivity contribution >= 4 is 33.4 Å². The Bertz CT molecular complexity index is 458. The van der Waals surface area contributed by atoms with Crippen LogP contribution in [-0.2, 0) is 19.1 Å². The lowest BCUT2D eigenvalue weighted by molar-refractivity contribution is -0.126. The van der Waals surface area contributed by atoms with E-state index in [1.807, 2.05) is 34.6 Å². The Morgan fingerprint density at radius 2 is 1.84 bits per heavy atom. The van der Waals surface area contributed by atoms with Crippen LogP contribution in [0.2, 0.25) is 0 Å². The second-order valence-electron chi connectivity index (χ2n) is 5.80. The van der Waals surface area contributed by atoms with E-state index >= 15 is 0 Å². The first-order valence-electron chi connectivity index (χ1n) is 8.33. The number of hydrogen-bond acceptors (Lipinski definition) is 6. The molecule has 0 aromatic carbocycles. The fourth-order valence-electron chi connectivity index (χ4n) is 1.35. The van der Waals surface area contributed by atoms with E-state index in [1.165, 1.54) is 21.6 Å². The molecule has 0 spiro atoms. The first kappa shape index (κ1) is 24.1. The zero-order valence-corrected chi connectivity index (χ0v) is 17.4. The summed E-state index contributed by atoms with van der Waals surface area (Å²) in [5, 5.41) is 5.49. The zero-order valence-electron chi connectivity index (χ0n) is 15.7. The van der Waals surface area contributed by atoms with Crippen molar-refractivity contribution in [2.45, 2.75) is 40.1 Å². The van der Waals surface area contributed by atoms with Gasteiger partial charge in [0.25, 0.3) is 0 Å². The number of rotatable bonds is 12. The molecule has 0 heterocycles. The standard InChI is InChI=1S/C17H30N2O4S2.2H2/c1-13(2)7-6-8-18-16(20)11-22-9-10-23-15(5)25-24-12-19-17(21)14(3)4;;/h13-15H,8-12H2,1-5H3,(H,18,20)(H,19,21);2*1H. The van der Waals surface area contributed by atoms with Gasteiger partial charge in [0.05, 0.1) is 25.6 Å². The summed E-state index contributed by atoms with van der Waals surface area (Å²) in [6, 6.07) is 0. The van der Waals surface area contributed by atoms with Crippen molar-refractivity contribution < 1.29 is 21.9 Å². The summed E-state index contributed by atoms with van der Waals surface area (Å²) in [6.07, 6.45) is 0. The Labute approximate surface area is 162 Å². The first-order chi connectivity index (χ1) is 11.8. The molecule has 0 radical (unpaired) electrons. The molecule has 0 saturated carbocycles. The molecule has 0 aliphatic carbocycles. The fourth-order valence-corrected chi connectivity index (χ4v) is 3.08. The number of ether oxygens (including phenoxy) is 2. The highest BCUT2D eigenvalue weighted by Gasteiger charge is 2.07. The summed E-state index contributed by atoms with van der Waals surface area (Å²) in [4.78, 5) is 22.9. The monoisotopic (exact) mass is 394 g/mol. The summed E-state index contributed by atoms with van der Waals surface area (Å²) >= 11 is 0. The third-order valence-corrected chi connectivity index (χ3v) is 4.99. The van der Waals surface area contributed by atoms with Gasteiger partial charge < -0.3 is 20.1 Å². The molecule has 0 aliphatic rings. The van der Waals surface area contributed by atoms with Gasteiger partial charge in [-0.25, -0.2) is 0 Å². The minimum atomic E-state index is -0.183. The topological polar surface area (TPSA) is 76.7 Å². The molecule has 0 fully saturated rings. The predicted molar refractivity (Wildman–Crippen MR) is 109 cm³/mol. The SMILES string of the molecule is CC(C)C#CCNC(=O)COCCOC(C)SSCNC(=O)C(C)C.[HH].[HH]. The second-order valence-corrected chi connectivity index (χ2v) is 8.46. The van der Waals surface area contributed by atoms with Gasteiger partial charge in [-0.15, -0.1) is 0 Å². The van der Waals surface area contributed by atoms with Crippen molar-refractivity contribution in [3.8, 4) is 11.8 Å². The molecule has 0 rings (SSSR count). The number of carbonyl (C=O) groups excluding carboxylic acids is 2. The molecule has 8 heteroatoms. The number of carbonyl (C=O) groups is 2. The van der Waals surface area contributed by atoms with Crippen molar-refractivity contribution in [2.24, 2.45) is 11.8 Å². The molecule has 2 N–H and O–H groups in total. The lowest BCUT2D eigenvalue weighted by Crippen LogP contribution is -2.28. The van der Waals surface area contributed by atoms with Crippen molar-refractivity contribution in [3.05, 3.63) is 0 Å². The van der Waals surface area contributed by atoms with Crippen LogP contribution < -0.4 is 10.6 Å². The Balaban J connectivity index is -0.00000288. The van der Waals surface area contributed by atoms with Crippen molar-refractivity contribution in [1.82, 2.24) is 10.6 Å². The van der Waals surface area contributed by atoms with E-state index in [1.54, 1.807) is 0 Å². The molecule has 0 saturated heterocycles. The minimum absolute atomic E-state index is 0. The molecule has 0 bridgehead atoms. The van der Waals surface area contributed by atoms with Gasteiger partial charge in [-0.05, 0) is 6.92 Å². The van der Waals surface area contributed by atoms with Crippen LogP contribution in [0.3, 0.4) is 0 Å². The molecule has 0 aromatic rings. The zero-order chi connectivity index (χ0) is 19.1. The van der Waals surface area contributed by atoms with Crippen molar-refractivity contribution in [1.29, 1.82) is 0 Å². The number of hydrogen-bond donors (Lipinski definition) is 2. The van der Waals surface area contributed by atoms with Crippen LogP contribution >= 0.6 is 21.6 Å². The molecule has 0 aliphatic heterocycles. The van der Waals surface area contributed by atoms with Crippen molar-refractivity contribution in [3.63, 3.8) is 0 Å². The average molecular weight is 395 g/mol. The summed E-state index contributed by atoms with van der Waals surface area (Å²) < 4.78 is 10.8. The van der Waals surface area contributed by atoms with E-state index in [0.29, 0.717) is 31.6 Å². The normalized spacial score (nSPS) is 11.8. The van der Waals surface area contributed by atoms with E-state index < -0.39 is 0 Å². The number of nitrogens with one attached hydrogen (secondary N) is 2. The summed E-state index contributed by atoms with van der Waals surface area (Å²) in [6.45, 7) is 10.8. The van der Waals surface area contributed by atoms with E-state index in [0.717, 1.165) is 0 Å². The summed E-state index contributed by atoms with van der Waals surface area (Å²) in [5.74, 6) is 6.55. The highest BCUT2D eigenvalue weighted by atomic mass is 33.1. The lowest BCUT2D eigenvalue weighted by atomic mass is 10.2. The molecule has 1 unspecified atom stereocenters. The molecular weight excluding hydrogens is 360 g/mol. The van der Waals surface area contributed by atoms with Gasteiger partial charge in [-0.3, -0.25) is 9.59 Å². The van der Waals surface area contributed by atoms with Crippen LogP contribution in [0.5, 0.6) is 0 Å². The largest absolute Gasteiger partial charge is 0.369 e. The van der Waals surface area contributed by atoms with Crippen molar-refractivity contribution in [2.75, 3.05) is 32.2 Å². The molecule has 2 amide bonds. The number of amides is 2. The molecule has 6 nitrogen and oxygen atoms in total. The Morgan fingerprint density at radius 3 is 2.48 bits per heavy atom. The van der Waals surface area contributed by atoms with Crippen LogP contribution in [0.1, 0.15) is 37.5 Å². The van der Waals surface area contributed by atoms with E-state index in [4.69, 9.17) is 9.47 Å². The highest BCUT2D eigenvalue weighted by Crippen LogP contribution is 2.26. The minimum Gasteiger partial charge on any atom is -0.369 e. The summed E-state index contributed by atoms with van der Waals surface area (Å²) in [5.41, 5.74) is -0.0234. The molecule has 0 aromatic heterocycles. The summed E-state index contributed by atoms with van der Waals surface area (Å²) in [7, 11) is 3.07. The maximum absolute atomic E-state index is 11.5. The third-order valence-electron chi connectivity index (χ3n) is 2.61. The van der Waals surface area contributed by atoms with Gasteiger partial charge in [0.1, 0.15) is 12.0 Å². The van der Waals surface area contributed by atoms with Crippen LogP contribution in [0.15, 0.2) is 0 Å². The smallest absolute Gasteiger partial charge is 0.246 e. The van der Waals surface area contributed by atoms with Gasteiger partial charge in [0, 0.05) is 14.7 Å². The van der Waals surface area contributed by atoms with Crippen LogP contribution in [-0.4, -0.2) is 49.5 Å². The molecule has 1 atom stereocenters. The van der Waals surface area contributed by atoms with Gasteiger partial charge in [-0.2, -0.15) is 0 Å². The Hall–Kier alpha value is -0.880. The third kappa shape index (κ3) is 16.3. The average Bonchev–Trinajstić information content (AvgIpc) is 2.54. The van der Waals surface area contributed by atoms with E-state index in [2.05, 4.69) is 22.5 Å². The Kier molecular flexibility index (Phi) is 14.8. The lowest BCUT2D eigenvalue weighted by Gasteiger charge is -2.13. The van der Waals surface area contributed by atoms with Crippen LogP contribution in [0.4, 0.5) is 0 Å². The van der Waals surface area contributed by atoms with Gasteiger partial charge >= 0.3 is 0 Å². The highest BCUT2D eigenvalue weighted by molar-refractivity contribution is 8.76. The maximum Gasteiger partial charge on any atom is 0.246 e.